The van der Waals surface area contributed by atoms with Gasteiger partial charge in [0.05, 0.1) is 18.2 Å². The molecule has 0 aromatic heterocycles. The van der Waals surface area contributed by atoms with Crippen LogP contribution in [0.3, 0.4) is 0 Å². The van der Waals surface area contributed by atoms with E-state index >= 15 is 0 Å². The molecular weight excluding hydrogens is 278 g/mol. The summed E-state index contributed by atoms with van der Waals surface area (Å²) in [4.78, 5) is 14.4. The predicted molar refractivity (Wildman–Crippen MR) is 76.8 cm³/mol. The zero-order valence-corrected chi connectivity index (χ0v) is 12.1. The number of carbonyl (C=O) groups excluding carboxylic acids is 1. The smallest absolute Gasteiger partial charge is 0.254 e. The highest BCUT2D eigenvalue weighted by Crippen LogP contribution is 2.38. The maximum absolute atomic E-state index is 12.5. The van der Waals surface area contributed by atoms with Crippen LogP contribution in [0.5, 0.6) is 11.5 Å². The zero-order valence-electron chi connectivity index (χ0n) is 11.4. The Morgan fingerprint density at radius 2 is 1.80 bits per heavy atom. The van der Waals surface area contributed by atoms with E-state index in [0.29, 0.717) is 35.3 Å². The molecule has 4 nitrogen and oxygen atoms in total. The molecule has 0 atom stereocenters. The Bertz CT molecular complexity index is 512. The minimum absolute atomic E-state index is 0.0299. The number of carbonyl (C=O) groups is 1. The number of halogens is 1. The highest BCUT2D eigenvalue weighted by atomic mass is 35.5. The molecule has 5 heteroatoms. The molecule has 0 bridgehead atoms. The number of hydrogen-bond acceptors (Lipinski definition) is 3. The van der Waals surface area contributed by atoms with Crippen molar-refractivity contribution >= 4 is 17.5 Å². The number of fused-ring (bicyclic) bond motifs is 1. The number of piperidine rings is 1. The van der Waals surface area contributed by atoms with E-state index in [2.05, 4.69) is 0 Å². The number of rotatable bonds is 1. The summed E-state index contributed by atoms with van der Waals surface area (Å²) < 4.78 is 11.2. The molecule has 0 spiro atoms. The van der Waals surface area contributed by atoms with E-state index in [9.17, 15) is 4.79 Å². The number of benzene rings is 1. The summed E-state index contributed by atoms with van der Waals surface area (Å²) in [6, 6.07) is 3.44. The van der Waals surface area contributed by atoms with Gasteiger partial charge in [0.2, 0.25) is 0 Å². The van der Waals surface area contributed by atoms with Gasteiger partial charge in [0, 0.05) is 25.1 Å². The van der Waals surface area contributed by atoms with Gasteiger partial charge in [-0.2, -0.15) is 0 Å². The molecule has 0 radical (unpaired) electrons. The number of likely N-dealkylation sites (tertiary alicyclic amines) is 1. The van der Waals surface area contributed by atoms with E-state index in [-0.39, 0.29) is 5.91 Å². The van der Waals surface area contributed by atoms with Gasteiger partial charge in [-0.15, -0.1) is 0 Å². The van der Waals surface area contributed by atoms with Crippen LogP contribution in [0, 0.1) is 0 Å². The van der Waals surface area contributed by atoms with Gasteiger partial charge in [-0.1, -0.05) is 11.6 Å². The Kier molecular flexibility index (Phi) is 4.01. The number of nitrogens with zero attached hydrogens (tertiary/aromatic N) is 1. The lowest BCUT2D eigenvalue weighted by Crippen LogP contribution is -2.35. The van der Waals surface area contributed by atoms with Crippen molar-refractivity contribution in [2.45, 2.75) is 25.7 Å². The average molecular weight is 296 g/mol. The summed E-state index contributed by atoms with van der Waals surface area (Å²) in [5.41, 5.74) is 0.584. The van der Waals surface area contributed by atoms with Crippen LogP contribution in [0.1, 0.15) is 36.0 Å². The quantitative estimate of drug-likeness (QED) is 0.799. The van der Waals surface area contributed by atoms with Crippen molar-refractivity contribution in [1.82, 2.24) is 4.90 Å². The molecule has 3 rings (SSSR count). The van der Waals surface area contributed by atoms with Crippen LogP contribution in [0.25, 0.3) is 0 Å². The molecule has 108 valence electrons. The van der Waals surface area contributed by atoms with Crippen molar-refractivity contribution in [2.75, 3.05) is 26.3 Å². The summed E-state index contributed by atoms with van der Waals surface area (Å²) in [5.74, 6) is 1.16. The molecule has 20 heavy (non-hydrogen) atoms. The Morgan fingerprint density at radius 1 is 1.05 bits per heavy atom. The molecule has 1 aromatic rings. The van der Waals surface area contributed by atoms with E-state index in [1.54, 1.807) is 12.1 Å². The van der Waals surface area contributed by atoms with Gasteiger partial charge >= 0.3 is 0 Å². The molecule has 2 heterocycles. The van der Waals surface area contributed by atoms with Crippen LogP contribution in [-0.2, 0) is 0 Å². The second-order valence-corrected chi connectivity index (χ2v) is 5.60. The second-order valence-electron chi connectivity index (χ2n) is 5.19. The Hall–Kier alpha value is -1.42. The normalized spacial score (nSPS) is 18.6. The number of hydrogen-bond donors (Lipinski definition) is 0. The van der Waals surface area contributed by atoms with Gasteiger partial charge in [0.1, 0.15) is 0 Å². The third kappa shape index (κ3) is 2.70. The summed E-state index contributed by atoms with van der Waals surface area (Å²) in [6.45, 7) is 2.83. The molecule has 0 aliphatic carbocycles. The molecule has 1 saturated heterocycles. The van der Waals surface area contributed by atoms with E-state index in [1.807, 2.05) is 4.90 Å². The third-order valence-corrected chi connectivity index (χ3v) is 3.97. The van der Waals surface area contributed by atoms with Crippen molar-refractivity contribution in [1.29, 1.82) is 0 Å². The Morgan fingerprint density at radius 3 is 2.60 bits per heavy atom. The minimum atomic E-state index is 0.0299. The van der Waals surface area contributed by atoms with Gasteiger partial charge in [0.15, 0.2) is 11.5 Å². The molecular formula is C15H18ClNO3. The fraction of sp³-hybridized carbons (Fsp3) is 0.533. The Labute approximate surface area is 123 Å². The van der Waals surface area contributed by atoms with Crippen molar-refractivity contribution < 1.29 is 14.3 Å². The molecule has 2 aliphatic rings. The van der Waals surface area contributed by atoms with Crippen LogP contribution in [-0.4, -0.2) is 37.1 Å². The molecule has 0 N–H and O–H groups in total. The van der Waals surface area contributed by atoms with Crippen LogP contribution in [0.4, 0.5) is 0 Å². The first-order valence-corrected chi connectivity index (χ1v) is 7.52. The van der Waals surface area contributed by atoms with Crippen LogP contribution in [0.15, 0.2) is 12.1 Å². The van der Waals surface area contributed by atoms with Gasteiger partial charge < -0.3 is 14.4 Å². The zero-order chi connectivity index (χ0) is 13.9. The minimum Gasteiger partial charge on any atom is -0.489 e. The van der Waals surface area contributed by atoms with E-state index in [0.717, 1.165) is 32.4 Å². The van der Waals surface area contributed by atoms with Crippen molar-refractivity contribution in [2.24, 2.45) is 0 Å². The standard InChI is InChI=1S/C15H18ClNO3/c16-12-9-11(15(18)17-5-2-1-3-6-17)10-13-14(12)20-8-4-7-19-13/h9-10H,1-8H2. The second kappa shape index (κ2) is 5.92. The monoisotopic (exact) mass is 295 g/mol. The molecule has 0 unspecified atom stereocenters. The van der Waals surface area contributed by atoms with Crippen molar-refractivity contribution in [3.63, 3.8) is 0 Å². The lowest BCUT2D eigenvalue weighted by atomic mass is 10.1. The summed E-state index contributed by atoms with van der Waals surface area (Å²) in [5, 5.41) is 0.449. The average Bonchev–Trinajstić information content (AvgIpc) is 2.73. The summed E-state index contributed by atoms with van der Waals surface area (Å²) >= 11 is 6.23. The Balaban J connectivity index is 1.88. The molecule has 1 amide bonds. The fourth-order valence-electron chi connectivity index (χ4n) is 2.63. The van der Waals surface area contributed by atoms with Gasteiger partial charge in [-0.05, 0) is 31.4 Å². The van der Waals surface area contributed by atoms with Crippen LogP contribution in [0.2, 0.25) is 5.02 Å². The first-order chi connectivity index (χ1) is 9.75. The van der Waals surface area contributed by atoms with E-state index in [1.165, 1.54) is 6.42 Å². The first-order valence-electron chi connectivity index (χ1n) is 7.14. The van der Waals surface area contributed by atoms with E-state index < -0.39 is 0 Å². The lowest BCUT2D eigenvalue weighted by molar-refractivity contribution is 0.0724. The van der Waals surface area contributed by atoms with Gasteiger partial charge in [-0.3, -0.25) is 4.79 Å². The maximum atomic E-state index is 12.5. The number of ether oxygens (including phenoxy) is 2. The lowest BCUT2D eigenvalue weighted by Gasteiger charge is -2.27. The maximum Gasteiger partial charge on any atom is 0.254 e. The largest absolute Gasteiger partial charge is 0.489 e. The molecule has 1 aromatic carbocycles. The highest BCUT2D eigenvalue weighted by Gasteiger charge is 2.22. The highest BCUT2D eigenvalue weighted by molar-refractivity contribution is 6.32. The van der Waals surface area contributed by atoms with Gasteiger partial charge in [-0.25, -0.2) is 0 Å². The molecule has 1 fully saturated rings. The molecule has 2 aliphatic heterocycles. The van der Waals surface area contributed by atoms with Crippen LogP contribution < -0.4 is 9.47 Å². The van der Waals surface area contributed by atoms with Crippen LogP contribution >= 0.6 is 11.6 Å². The number of amides is 1. The summed E-state index contributed by atoms with van der Waals surface area (Å²) in [7, 11) is 0. The van der Waals surface area contributed by atoms with E-state index in [4.69, 9.17) is 21.1 Å². The fourth-order valence-corrected chi connectivity index (χ4v) is 2.90. The predicted octanol–water partition coefficient (Wildman–Crippen LogP) is 3.13. The molecule has 0 saturated carbocycles. The third-order valence-electron chi connectivity index (χ3n) is 3.69. The SMILES string of the molecule is O=C(c1cc(Cl)c2c(c1)OCCCO2)N1CCCCC1. The van der Waals surface area contributed by atoms with Gasteiger partial charge in [0.25, 0.3) is 5.91 Å². The van der Waals surface area contributed by atoms with Crippen molar-refractivity contribution in [3.05, 3.63) is 22.7 Å². The first kappa shape index (κ1) is 13.6. The van der Waals surface area contributed by atoms with Crippen molar-refractivity contribution in [3.8, 4) is 11.5 Å². The summed E-state index contributed by atoms with van der Waals surface area (Å²) in [6.07, 6.45) is 4.17. The topological polar surface area (TPSA) is 38.8 Å².